The molecule has 1 fully saturated rings. The number of benzene rings is 2. The molecule has 1 heterocycles. The summed E-state index contributed by atoms with van der Waals surface area (Å²) in [6.45, 7) is 10.2. The van der Waals surface area contributed by atoms with E-state index in [-0.39, 0.29) is 16.7 Å². The van der Waals surface area contributed by atoms with Crippen LogP contribution in [0.4, 0.5) is 0 Å². The quantitative estimate of drug-likeness (QED) is 0.847. The molecule has 2 aromatic carbocycles. The van der Waals surface area contributed by atoms with Crippen molar-refractivity contribution in [3.63, 3.8) is 0 Å². The van der Waals surface area contributed by atoms with E-state index in [1.165, 1.54) is 11.1 Å². The van der Waals surface area contributed by atoms with Gasteiger partial charge >= 0.3 is 0 Å². The SMILES string of the molecule is Cc1cc(C)cc(C2(C(=O)NCC(C)(C)c3ccc4c(c3)OCCO4)CC2)c1. The summed E-state index contributed by atoms with van der Waals surface area (Å²) >= 11 is 0. The van der Waals surface area contributed by atoms with E-state index in [0.29, 0.717) is 19.8 Å². The monoisotopic (exact) mass is 379 g/mol. The Labute approximate surface area is 167 Å². The summed E-state index contributed by atoms with van der Waals surface area (Å²) in [5.41, 5.74) is 4.16. The van der Waals surface area contributed by atoms with E-state index in [2.05, 4.69) is 57.3 Å². The standard InChI is InChI=1S/C24H29NO3/c1-16-11-17(2)13-19(12-16)24(7-8-24)22(26)25-15-23(3,4)18-5-6-20-21(14-18)28-10-9-27-20/h5-6,11-14H,7-10,15H2,1-4H3,(H,25,26). The highest BCUT2D eigenvalue weighted by Crippen LogP contribution is 2.49. The van der Waals surface area contributed by atoms with Gasteiger partial charge in [-0.2, -0.15) is 0 Å². The Hall–Kier alpha value is -2.49. The van der Waals surface area contributed by atoms with Gasteiger partial charge in [-0.05, 0) is 49.9 Å². The number of rotatable bonds is 5. The normalized spacial score (nSPS) is 17.1. The molecule has 148 valence electrons. The average Bonchev–Trinajstić information content (AvgIpc) is 3.47. The minimum atomic E-state index is -0.348. The molecule has 0 spiro atoms. The fourth-order valence-electron chi connectivity index (χ4n) is 4.06. The third-order valence-corrected chi connectivity index (χ3v) is 5.97. The highest BCUT2D eigenvalue weighted by molar-refractivity contribution is 5.91. The zero-order valence-corrected chi connectivity index (χ0v) is 17.2. The second-order valence-electron chi connectivity index (χ2n) is 8.88. The number of carbonyl (C=O) groups excluding carboxylic acids is 1. The number of ether oxygens (including phenoxy) is 2. The van der Waals surface area contributed by atoms with Gasteiger partial charge in [-0.3, -0.25) is 4.79 Å². The van der Waals surface area contributed by atoms with E-state index in [1.807, 2.05) is 12.1 Å². The van der Waals surface area contributed by atoms with Crippen LogP contribution in [0.3, 0.4) is 0 Å². The number of hydrogen-bond donors (Lipinski definition) is 1. The van der Waals surface area contributed by atoms with Crippen LogP contribution >= 0.6 is 0 Å². The fraction of sp³-hybridized carbons (Fsp3) is 0.458. The Bertz CT molecular complexity index is 892. The molecule has 0 bridgehead atoms. The zero-order valence-electron chi connectivity index (χ0n) is 17.2. The smallest absolute Gasteiger partial charge is 0.230 e. The van der Waals surface area contributed by atoms with Crippen LogP contribution in [0.5, 0.6) is 11.5 Å². The van der Waals surface area contributed by atoms with Crippen molar-refractivity contribution in [2.45, 2.75) is 51.4 Å². The minimum Gasteiger partial charge on any atom is -0.486 e. The molecule has 4 nitrogen and oxygen atoms in total. The third kappa shape index (κ3) is 3.48. The lowest BCUT2D eigenvalue weighted by Gasteiger charge is -2.29. The molecule has 0 unspecified atom stereocenters. The first kappa shape index (κ1) is 18.9. The molecule has 28 heavy (non-hydrogen) atoms. The van der Waals surface area contributed by atoms with E-state index in [0.717, 1.165) is 35.5 Å². The Kier molecular flexibility index (Phi) is 4.60. The lowest BCUT2D eigenvalue weighted by molar-refractivity contribution is -0.123. The number of fused-ring (bicyclic) bond motifs is 1. The van der Waals surface area contributed by atoms with Crippen molar-refractivity contribution in [1.29, 1.82) is 0 Å². The first-order chi connectivity index (χ1) is 13.3. The van der Waals surface area contributed by atoms with Crippen molar-refractivity contribution in [2.24, 2.45) is 0 Å². The molecule has 1 N–H and O–H groups in total. The Balaban J connectivity index is 1.48. The number of carbonyl (C=O) groups is 1. The summed E-state index contributed by atoms with van der Waals surface area (Å²) in [6.07, 6.45) is 1.85. The molecule has 2 aliphatic rings. The molecule has 1 aliphatic heterocycles. The second-order valence-corrected chi connectivity index (χ2v) is 8.88. The molecule has 0 atom stereocenters. The Morgan fingerprint density at radius 1 is 1.00 bits per heavy atom. The maximum atomic E-state index is 13.1. The molecular weight excluding hydrogens is 350 g/mol. The summed E-state index contributed by atoms with van der Waals surface area (Å²) in [5.74, 6) is 1.72. The number of amides is 1. The molecule has 1 aliphatic carbocycles. The number of aryl methyl sites for hydroxylation is 2. The summed E-state index contributed by atoms with van der Waals surface area (Å²) < 4.78 is 11.3. The maximum absolute atomic E-state index is 13.1. The lowest BCUT2D eigenvalue weighted by Crippen LogP contribution is -2.42. The summed E-state index contributed by atoms with van der Waals surface area (Å²) in [4.78, 5) is 13.1. The van der Waals surface area contributed by atoms with Crippen molar-refractivity contribution in [2.75, 3.05) is 19.8 Å². The van der Waals surface area contributed by atoms with Gasteiger partial charge in [0, 0.05) is 12.0 Å². The third-order valence-electron chi connectivity index (χ3n) is 5.97. The lowest BCUT2D eigenvalue weighted by atomic mass is 9.83. The van der Waals surface area contributed by atoms with Crippen molar-refractivity contribution < 1.29 is 14.3 Å². The van der Waals surface area contributed by atoms with Gasteiger partial charge in [-0.15, -0.1) is 0 Å². The second kappa shape index (κ2) is 6.84. The van der Waals surface area contributed by atoms with Crippen molar-refractivity contribution >= 4 is 5.91 Å². The van der Waals surface area contributed by atoms with Crippen molar-refractivity contribution in [1.82, 2.24) is 5.32 Å². The van der Waals surface area contributed by atoms with Gasteiger partial charge in [0.15, 0.2) is 11.5 Å². The molecule has 4 rings (SSSR count). The van der Waals surface area contributed by atoms with E-state index in [1.54, 1.807) is 0 Å². The van der Waals surface area contributed by atoms with Gasteiger partial charge in [0.1, 0.15) is 13.2 Å². The van der Waals surface area contributed by atoms with Crippen LogP contribution in [0.15, 0.2) is 36.4 Å². The van der Waals surface area contributed by atoms with Crippen LogP contribution in [0, 0.1) is 13.8 Å². The topological polar surface area (TPSA) is 47.6 Å². The predicted octanol–water partition coefficient (Wildman–Crippen LogP) is 4.20. The van der Waals surface area contributed by atoms with Crippen LogP contribution in [0.1, 0.15) is 48.9 Å². The fourth-order valence-corrected chi connectivity index (χ4v) is 4.06. The summed E-state index contributed by atoms with van der Waals surface area (Å²) in [6, 6.07) is 12.5. The molecule has 1 amide bonds. The molecule has 0 saturated heterocycles. The first-order valence-electron chi connectivity index (χ1n) is 10.1. The highest BCUT2D eigenvalue weighted by Gasteiger charge is 2.51. The first-order valence-corrected chi connectivity index (χ1v) is 10.1. The zero-order chi connectivity index (χ0) is 19.9. The minimum absolute atomic E-state index is 0.142. The van der Waals surface area contributed by atoms with Gasteiger partial charge < -0.3 is 14.8 Å². The van der Waals surface area contributed by atoms with Gasteiger partial charge in [-0.1, -0.05) is 49.2 Å². The Morgan fingerprint density at radius 2 is 1.64 bits per heavy atom. The van der Waals surface area contributed by atoms with Gasteiger partial charge in [0.25, 0.3) is 0 Å². The molecule has 2 aromatic rings. The summed E-state index contributed by atoms with van der Waals surface area (Å²) in [5, 5.41) is 3.23. The van der Waals surface area contributed by atoms with Crippen LogP contribution < -0.4 is 14.8 Å². The van der Waals surface area contributed by atoms with Crippen LogP contribution in [-0.4, -0.2) is 25.7 Å². The van der Waals surface area contributed by atoms with E-state index in [9.17, 15) is 4.79 Å². The van der Waals surface area contributed by atoms with E-state index < -0.39 is 0 Å². The molecule has 0 aromatic heterocycles. The van der Waals surface area contributed by atoms with E-state index in [4.69, 9.17) is 9.47 Å². The van der Waals surface area contributed by atoms with Crippen molar-refractivity contribution in [3.05, 3.63) is 58.7 Å². The number of nitrogens with one attached hydrogen (secondary N) is 1. The summed E-state index contributed by atoms with van der Waals surface area (Å²) in [7, 11) is 0. The molecular formula is C24H29NO3. The van der Waals surface area contributed by atoms with Crippen LogP contribution in [0.2, 0.25) is 0 Å². The maximum Gasteiger partial charge on any atom is 0.230 e. The Morgan fingerprint density at radius 3 is 2.29 bits per heavy atom. The molecule has 1 saturated carbocycles. The molecule has 0 radical (unpaired) electrons. The highest BCUT2D eigenvalue weighted by atomic mass is 16.6. The van der Waals surface area contributed by atoms with Gasteiger partial charge in [-0.25, -0.2) is 0 Å². The average molecular weight is 380 g/mol. The van der Waals surface area contributed by atoms with Crippen LogP contribution in [-0.2, 0) is 15.6 Å². The van der Waals surface area contributed by atoms with E-state index >= 15 is 0 Å². The van der Waals surface area contributed by atoms with Gasteiger partial charge in [0.05, 0.1) is 5.41 Å². The van der Waals surface area contributed by atoms with Crippen molar-refractivity contribution in [3.8, 4) is 11.5 Å². The number of hydrogen-bond acceptors (Lipinski definition) is 3. The van der Waals surface area contributed by atoms with Gasteiger partial charge in [0.2, 0.25) is 5.91 Å². The molecule has 4 heteroatoms. The predicted molar refractivity (Wildman–Crippen MR) is 110 cm³/mol. The van der Waals surface area contributed by atoms with Crippen LogP contribution in [0.25, 0.3) is 0 Å². The largest absolute Gasteiger partial charge is 0.486 e.